The first kappa shape index (κ1) is 12.0. The molecule has 0 aliphatic heterocycles. The van der Waals surface area contributed by atoms with Crippen molar-refractivity contribution in [3.05, 3.63) is 64.0 Å². The second-order valence-corrected chi connectivity index (χ2v) is 3.97. The topological polar surface area (TPSA) is 68.1 Å². The summed E-state index contributed by atoms with van der Waals surface area (Å²) in [6.07, 6.45) is 3.51. The van der Waals surface area contributed by atoms with E-state index in [0.29, 0.717) is 6.54 Å². The minimum absolute atomic E-state index is 0.111. The molecule has 0 aliphatic rings. The first-order valence-electron chi connectivity index (χ1n) is 5.54. The van der Waals surface area contributed by atoms with Gasteiger partial charge >= 0.3 is 0 Å². The van der Waals surface area contributed by atoms with E-state index in [-0.39, 0.29) is 5.69 Å². The highest BCUT2D eigenvalue weighted by atomic mass is 16.6. The summed E-state index contributed by atoms with van der Waals surface area (Å²) >= 11 is 0. The van der Waals surface area contributed by atoms with Gasteiger partial charge in [0.2, 0.25) is 0 Å². The van der Waals surface area contributed by atoms with Gasteiger partial charge in [0, 0.05) is 36.8 Å². The molecule has 2 rings (SSSR count). The Morgan fingerprint density at radius 2 is 2.22 bits per heavy atom. The fourth-order valence-corrected chi connectivity index (χ4v) is 1.66. The molecule has 0 atom stereocenters. The fourth-order valence-electron chi connectivity index (χ4n) is 1.66. The second kappa shape index (κ2) is 5.27. The van der Waals surface area contributed by atoms with E-state index < -0.39 is 4.92 Å². The third kappa shape index (κ3) is 2.82. The van der Waals surface area contributed by atoms with Gasteiger partial charge in [0.25, 0.3) is 5.69 Å². The lowest BCUT2D eigenvalue weighted by Crippen LogP contribution is -2.01. The Labute approximate surface area is 105 Å². The predicted octanol–water partition coefficient (Wildman–Crippen LogP) is 2.91. The Kier molecular flexibility index (Phi) is 3.52. The molecular weight excluding hydrogens is 230 g/mol. The van der Waals surface area contributed by atoms with Crippen LogP contribution < -0.4 is 5.32 Å². The van der Waals surface area contributed by atoms with Crippen LogP contribution >= 0.6 is 0 Å². The quantitative estimate of drug-likeness (QED) is 0.662. The Morgan fingerprint density at radius 1 is 1.39 bits per heavy atom. The molecule has 5 heteroatoms. The van der Waals surface area contributed by atoms with Gasteiger partial charge in [-0.1, -0.05) is 6.07 Å². The van der Waals surface area contributed by atoms with Crippen LogP contribution in [-0.4, -0.2) is 9.91 Å². The molecule has 1 heterocycles. The van der Waals surface area contributed by atoms with Crippen molar-refractivity contribution in [1.29, 1.82) is 0 Å². The third-order valence-corrected chi connectivity index (χ3v) is 2.63. The molecule has 0 saturated heterocycles. The zero-order valence-corrected chi connectivity index (χ0v) is 9.96. The first-order chi connectivity index (χ1) is 8.66. The van der Waals surface area contributed by atoms with Gasteiger partial charge < -0.3 is 5.32 Å². The summed E-state index contributed by atoms with van der Waals surface area (Å²) in [6, 6.07) is 8.63. The van der Waals surface area contributed by atoms with E-state index in [0.717, 1.165) is 16.8 Å². The van der Waals surface area contributed by atoms with Gasteiger partial charge in [0.15, 0.2) is 0 Å². The molecule has 0 saturated carbocycles. The predicted molar refractivity (Wildman–Crippen MR) is 69.4 cm³/mol. The summed E-state index contributed by atoms with van der Waals surface area (Å²) in [7, 11) is 0. The van der Waals surface area contributed by atoms with E-state index >= 15 is 0 Å². The number of aromatic nitrogens is 1. The van der Waals surface area contributed by atoms with E-state index in [1.165, 1.54) is 6.07 Å². The average molecular weight is 243 g/mol. The van der Waals surface area contributed by atoms with Crippen molar-refractivity contribution in [2.75, 3.05) is 5.32 Å². The lowest BCUT2D eigenvalue weighted by Gasteiger charge is -2.09. The van der Waals surface area contributed by atoms with Crippen molar-refractivity contribution >= 4 is 11.4 Å². The van der Waals surface area contributed by atoms with E-state index in [2.05, 4.69) is 10.3 Å². The number of hydrogen-bond donors (Lipinski definition) is 1. The lowest BCUT2D eigenvalue weighted by molar-refractivity contribution is -0.384. The van der Waals surface area contributed by atoms with E-state index in [1.807, 2.05) is 19.1 Å². The highest BCUT2D eigenvalue weighted by molar-refractivity contribution is 5.55. The van der Waals surface area contributed by atoms with Crippen LogP contribution in [0.25, 0.3) is 0 Å². The maximum absolute atomic E-state index is 10.6. The van der Waals surface area contributed by atoms with Crippen LogP contribution in [0.4, 0.5) is 11.4 Å². The maximum Gasteiger partial charge on any atom is 0.269 e. The maximum atomic E-state index is 10.6. The SMILES string of the molecule is Cc1cc([N+](=O)[O-])ccc1NCc1cccnc1. The summed E-state index contributed by atoms with van der Waals surface area (Å²) in [5, 5.41) is 13.9. The minimum atomic E-state index is -0.391. The summed E-state index contributed by atoms with van der Waals surface area (Å²) in [6.45, 7) is 2.49. The van der Waals surface area contributed by atoms with Gasteiger partial charge in [0.05, 0.1) is 4.92 Å². The molecule has 1 aromatic carbocycles. The van der Waals surface area contributed by atoms with Crippen molar-refractivity contribution in [3.8, 4) is 0 Å². The van der Waals surface area contributed by atoms with E-state index in [4.69, 9.17) is 0 Å². The van der Waals surface area contributed by atoms with Crippen LogP contribution in [0.15, 0.2) is 42.7 Å². The number of anilines is 1. The van der Waals surface area contributed by atoms with Crippen LogP contribution in [0.1, 0.15) is 11.1 Å². The lowest BCUT2D eigenvalue weighted by atomic mass is 10.1. The molecule has 2 aromatic rings. The second-order valence-electron chi connectivity index (χ2n) is 3.97. The number of nitro benzene ring substituents is 1. The number of nitro groups is 1. The number of nitrogens with zero attached hydrogens (tertiary/aromatic N) is 2. The van der Waals surface area contributed by atoms with Crippen LogP contribution in [0.2, 0.25) is 0 Å². The van der Waals surface area contributed by atoms with Crippen LogP contribution in [-0.2, 0) is 6.54 Å². The molecule has 0 radical (unpaired) electrons. The molecule has 5 nitrogen and oxygen atoms in total. The number of aryl methyl sites for hydroxylation is 1. The molecule has 0 fully saturated rings. The molecule has 92 valence electrons. The number of benzene rings is 1. The molecule has 0 unspecified atom stereocenters. The molecule has 1 aromatic heterocycles. The average Bonchev–Trinajstić information content (AvgIpc) is 2.38. The summed E-state index contributed by atoms with van der Waals surface area (Å²) in [4.78, 5) is 14.3. The van der Waals surface area contributed by atoms with Gasteiger partial charge in [-0.2, -0.15) is 0 Å². The highest BCUT2D eigenvalue weighted by Gasteiger charge is 2.07. The molecular formula is C13H13N3O2. The monoisotopic (exact) mass is 243 g/mol. The molecule has 1 N–H and O–H groups in total. The third-order valence-electron chi connectivity index (χ3n) is 2.63. The molecule has 0 bridgehead atoms. The number of pyridine rings is 1. The van der Waals surface area contributed by atoms with Crippen molar-refractivity contribution in [1.82, 2.24) is 4.98 Å². The van der Waals surface area contributed by atoms with Gasteiger partial charge in [-0.3, -0.25) is 15.1 Å². The summed E-state index contributed by atoms with van der Waals surface area (Å²) in [5.41, 5.74) is 2.92. The smallest absolute Gasteiger partial charge is 0.269 e. The molecule has 18 heavy (non-hydrogen) atoms. The number of rotatable bonds is 4. The number of nitrogens with one attached hydrogen (secondary N) is 1. The number of non-ortho nitro benzene ring substituents is 1. The van der Waals surface area contributed by atoms with Crippen molar-refractivity contribution in [2.45, 2.75) is 13.5 Å². The van der Waals surface area contributed by atoms with E-state index in [9.17, 15) is 10.1 Å². The van der Waals surface area contributed by atoms with Crippen LogP contribution in [0, 0.1) is 17.0 Å². The fraction of sp³-hybridized carbons (Fsp3) is 0.154. The normalized spacial score (nSPS) is 10.1. The zero-order valence-electron chi connectivity index (χ0n) is 9.96. The zero-order chi connectivity index (χ0) is 13.0. The number of hydrogen-bond acceptors (Lipinski definition) is 4. The first-order valence-corrected chi connectivity index (χ1v) is 5.54. The van der Waals surface area contributed by atoms with Gasteiger partial charge in [-0.25, -0.2) is 0 Å². The van der Waals surface area contributed by atoms with Crippen LogP contribution in [0.3, 0.4) is 0 Å². The molecule has 0 aliphatic carbocycles. The minimum Gasteiger partial charge on any atom is -0.381 e. The Hall–Kier alpha value is -2.43. The summed E-state index contributed by atoms with van der Waals surface area (Å²) < 4.78 is 0. The standard InChI is InChI=1S/C13H13N3O2/c1-10-7-12(16(17)18)4-5-13(10)15-9-11-3-2-6-14-8-11/h2-8,15H,9H2,1H3. The van der Waals surface area contributed by atoms with Crippen LogP contribution in [0.5, 0.6) is 0 Å². The van der Waals surface area contributed by atoms with Crippen molar-refractivity contribution in [2.24, 2.45) is 0 Å². The van der Waals surface area contributed by atoms with Crippen molar-refractivity contribution < 1.29 is 4.92 Å². The van der Waals surface area contributed by atoms with Crippen molar-refractivity contribution in [3.63, 3.8) is 0 Å². The highest BCUT2D eigenvalue weighted by Crippen LogP contribution is 2.21. The van der Waals surface area contributed by atoms with E-state index in [1.54, 1.807) is 24.5 Å². The Bertz CT molecular complexity index is 555. The van der Waals surface area contributed by atoms with Gasteiger partial charge in [-0.05, 0) is 30.2 Å². The van der Waals surface area contributed by atoms with Gasteiger partial charge in [0.1, 0.15) is 0 Å². The molecule has 0 spiro atoms. The summed E-state index contributed by atoms with van der Waals surface area (Å²) in [5.74, 6) is 0. The van der Waals surface area contributed by atoms with Gasteiger partial charge in [-0.15, -0.1) is 0 Å². The molecule has 0 amide bonds. The Morgan fingerprint density at radius 3 is 2.83 bits per heavy atom. The Balaban J connectivity index is 2.08. The largest absolute Gasteiger partial charge is 0.381 e.